The first-order valence-corrected chi connectivity index (χ1v) is 7.77. The highest BCUT2D eigenvalue weighted by atomic mass is 35.5. The van der Waals surface area contributed by atoms with E-state index in [4.69, 9.17) is 11.6 Å². The second-order valence-corrected chi connectivity index (χ2v) is 5.39. The number of anilines is 1. The second kappa shape index (κ2) is 6.75. The van der Waals surface area contributed by atoms with Crippen molar-refractivity contribution < 1.29 is 4.79 Å². The van der Waals surface area contributed by atoms with E-state index in [-0.39, 0.29) is 11.8 Å². The minimum Gasteiger partial charge on any atom is -0.368 e. The molecule has 114 valence electrons. The third-order valence-electron chi connectivity index (χ3n) is 3.80. The highest BCUT2D eigenvalue weighted by Gasteiger charge is 2.20. The Balaban J connectivity index is 1.66. The van der Waals surface area contributed by atoms with Crippen molar-refractivity contribution in [1.29, 1.82) is 0 Å². The molecule has 0 aliphatic carbocycles. The first-order chi connectivity index (χ1) is 10.8. The summed E-state index contributed by atoms with van der Waals surface area (Å²) >= 11 is 5.60. The van der Waals surface area contributed by atoms with E-state index in [9.17, 15) is 4.79 Å². The van der Waals surface area contributed by atoms with Crippen molar-refractivity contribution >= 4 is 23.2 Å². The molecule has 1 fully saturated rings. The number of benzene rings is 1. The summed E-state index contributed by atoms with van der Waals surface area (Å²) in [5.74, 6) is 0.802. The summed E-state index contributed by atoms with van der Waals surface area (Å²) < 4.78 is 0. The Morgan fingerprint density at radius 2 is 1.68 bits per heavy atom. The Hall–Kier alpha value is -2.14. The van der Waals surface area contributed by atoms with Gasteiger partial charge in [0.25, 0.3) is 0 Å². The molecule has 1 aromatic heterocycles. The minimum atomic E-state index is 0.0119. The standard InChI is InChI=1S/C16H17ClN4O/c17-12-15(22)21-10-8-20(9-11-21)14-4-2-13(3-5-14)16-18-6-1-7-19-16/h1-7H,8-12H2. The summed E-state index contributed by atoms with van der Waals surface area (Å²) in [5.41, 5.74) is 2.15. The zero-order valence-corrected chi connectivity index (χ0v) is 12.9. The molecular weight excluding hydrogens is 300 g/mol. The van der Waals surface area contributed by atoms with E-state index in [0.29, 0.717) is 0 Å². The van der Waals surface area contributed by atoms with Crippen LogP contribution in [0.15, 0.2) is 42.7 Å². The van der Waals surface area contributed by atoms with Crippen LogP contribution < -0.4 is 4.90 Å². The lowest BCUT2D eigenvalue weighted by atomic mass is 10.1. The van der Waals surface area contributed by atoms with Crippen molar-refractivity contribution in [2.45, 2.75) is 0 Å². The Morgan fingerprint density at radius 1 is 1.05 bits per heavy atom. The van der Waals surface area contributed by atoms with E-state index in [1.165, 1.54) is 0 Å². The van der Waals surface area contributed by atoms with Gasteiger partial charge >= 0.3 is 0 Å². The Morgan fingerprint density at radius 3 is 2.27 bits per heavy atom. The average Bonchev–Trinajstić information content (AvgIpc) is 2.62. The maximum absolute atomic E-state index is 11.6. The van der Waals surface area contributed by atoms with E-state index < -0.39 is 0 Å². The minimum absolute atomic E-state index is 0.0119. The predicted octanol–water partition coefficient (Wildman–Crippen LogP) is 2.03. The molecule has 6 heteroatoms. The molecule has 0 radical (unpaired) electrons. The van der Waals surface area contributed by atoms with Crippen LogP contribution in [0.3, 0.4) is 0 Å². The summed E-state index contributed by atoms with van der Waals surface area (Å²) in [6, 6.07) is 10.0. The van der Waals surface area contributed by atoms with Crippen LogP contribution in [0.25, 0.3) is 11.4 Å². The smallest absolute Gasteiger partial charge is 0.237 e. The molecule has 0 N–H and O–H groups in total. The monoisotopic (exact) mass is 316 g/mol. The average molecular weight is 317 g/mol. The number of rotatable bonds is 3. The SMILES string of the molecule is O=C(CCl)N1CCN(c2ccc(-c3ncccn3)cc2)CC1. The van der Waals surface area contributed by atoms with Crippen LogP contribution in [0.5, 0.6) is 0 Å². The Bertz CT molecular complexity index is 624. The van der Waals surface area contributed by atoms with Crippen LogP contribution in [-0.2, 0) is 4.79 Å². The van der Waals surface area contributed by atoms with E-state index in [2.05, 4.69) is 27.0 Å². The van der Waals surface area contributed by atoms with Crippen LogP contribution in [0.2, 0.25) is 0 Å². The molecule has 1 aliphatic rings. The Labute approximate surface area is 134 Å². The molecule has 0 saturated carbocycles. The van der Waals surface area contributed by atoms with Crippen molar-refractivity contribution in [3.63, 3.8) is 0 Å². The molecule has 1 saturated heterocycles. The lowest BCUT2D eigenvalue weighted by Gasteiger charge is -2.35. The molecular formula is C16H17ClN4O. The molecule has 0 unspecified atom stereocenters. The topological polar surface area (TPSA) is 49.3 Å². The zero-order valence-electron chi connectivity index (χ0n) is 12.2. The number of hydrogen-bond donors (Lipinski definition) is 0. The van der Waals surface area contributed by atoms with E-state index in [1.54, 1.807) is 18.5 Å². The summed E-state index contributed by atoms with van der Waals surface area (Å²) in [7, 11) is 0. The van der Waals surface area contributed by atoms with Crippen molar-refractivity contribution in [1.82, 2.24) is 14.9 Å². The van der Waals surface area contributed by atoms with E-state index in [0.717, 1.165) is 43.3 Å². The third-order valence-corrected chi connectivity index (χ3v) is 4.03. The predicted molar refractivity (Wildman–Crippen MR) is 87.0 cm³/mol. The van der Waals surface area contributed by atoms with E-state index >= 15 is 0 Å². The number of amides is 1. The van der Waals surface area contributed by atoms with Crippen molar-refractivity contribution in [3.8, 4) is 11.4 Å². The van der Waals surface area contributed by atoms with Crippen LogP contribution in [0.1, 0.15) is 0 Å². The van der Waals surface area contributed by atoms with E-state index in [1.807, 2.05) is 17.0 Å². The first kappa shape index (κ1) is 14.8. The molecule has 0 bridgehead atoms. The Kier molecular flexibility index (Phi) is 4.53. The third kappa shape index (κ3) is 3.20. The van der Waals surface area contributed by atoms with Gasteiger partial charge in [-0.25, -0.2) is 9.97 Å². The van der Waals surface area contributed by atoms with Gasteiger partial charge in [0.05, 0.1) is 0 Å². The fourth-order valence-corrected chi connectivity index (χ4v) is 2.74. The molecule has 2 aromatic rings. The lowest BCUT2D eigenvalue weighted by Crippen LogP contribution is -2.49. The fourth-order valence-electron chi connectivity index (χ4n) is 2.57. The van der Waals surface area contributed by atoms with Crippen molar-refractivity contribution in [2.75, 3.05) is 37.0 Å². The van der Waals surface area contributed by atoms with Gasteiger partial charge in [-0.05, 0) is 30.3 Å². The first-order valence-electron chi connectivity index (χ1n) is 7.24. The molecule has 2 heterocycles. The summed E-state index contributed by atoms with van der Waals surface area (Å²) in [4.78, 5) is 24.2. The van der Waals surface area contributed by atoms with Gasteiger partial charge in [-0.15, -0.1) is 11.6 Å². The lowest BCUT2D eigenvalue weighted by molar-refractivity contribution is -0.128. The number of alkyl halides is 1. The van der Waals surface area contributed by atoms with Crippen LogP contribution >= 0.6 is 11.6 Å². The fraction of sp³-hybridized carbons (Fsp3) is 0.312. The number of halogens is 1. The highest BCUT2D eigenvalue weighted by Crippen LogP contribution is 2.21. The maximum Gasteiger partial charge on any atom is 0.237 e. The summed E-state index contributed by atoms with van der Waals surface area (Å²) in [6.07, 6.45) is 3.48. The largest absolute Gasteiger partial charge is 0.368 e. The number of carbonyl (C=O) groups is 1. The number of aromatic nitrogens is 2. The maximum atomic E-state index is 11.6. The quantitative estimate of drug-likeness (QED) is 0.813. The van der Waals surface area contributed by atoms with Gasteiger partial charge in [-0.3, -0.25) is 4.79 Å². The van der Waals surface area contributed by atoms with Gasteiger partial charge in [0.1, 0.15) is 5.88 Å². The van der Waals surface area contributed by atoms with Gasteiger partial charge in [0.15, 0.2) is 5.82 Å². The van der Waals surface area contributed by atoms with Gasteiger partial charge in [-0.2, -0.15) is 0 Å². The number of carbonyl (C=O) groups excluding carboxylic acids is 1. The van der Waals surface area contributed by atoms with Crippen LogP contribution in [0.4, 0.5) is 5.69 Å². The molecule has 0 atom stereocenters. The molecule has 3 rings (SSSR count). The highest BCUT2D eigenvalue weighted by molar-refractivity contribution is 6.27. The molecule has 0 spiro atoms. The molecule has 22 heavy (non-hydrogen) atoms. The van der Waals surface area contributed by atoms with Crippen molar-refractivity contribution in [2.24, 2.45) is 0 Å². The van der Waals surface area contributed by atoms with Crippen LogP contribution in [0, 0.1) is 0 Å². The number of hydrogen-bond acceptors (Lipinski definition) is 4. The zero-order chi connectivity index (χ0) is 15.4. The van der Waals surface area contributed by atoms with Gasteiger partial charge in [0, 0.05) is 49.8 Å². The summed E-state index contributed by atoms with van der Waals surface area (Å²) in [5, 5.41) is 0. The molecule has 5 nitrogen and oxygen atoms in total. The normalized spacial score (nSPS) is 15.0. The molecule has 1 aromatic carbocycles. The van der Waals surface area contributed by atoms with Gasteiger partial charge < -0.3 is 9.80 Å². The summed E-state index contributed by atoms with van der Waals surface area (Å²) in [6.45, 7) is 3.08. The van der Waals surface area contributed by atoms with Crippen molar-refractivity contribution in [3.05, 3.63) is 42.7 Å². The van der Waals surface area contributed by atoms with Gasteiger partial charge in [-0.1, -0.05) is 0 Å². The van der Waals surface area contributed by atoms with Crippen LogP contribution in [-0.4, -0.2) is 52.8 Å². The van der Waals surface area contributed by atoms with Gasteiger partial charge in [0.2, 0.25) is 5.91 Å². The molecule has 1 amide bonds. The molecule has 1 aliphatic heterocycles. The second-order valence-electron chi connectivity index (χ2n) is 5.12. The number of nitrogens with zero attached hydrogens (tertiary/aromatic N) is 4. The number of piperazine rings is 1.